The third-order valence-corrected chi connectivity index (χ3v) is 4.51. The molecule has 2 rings (SSSR count). The molecule has 0 aliphatic rings. The molecule has 26 heavy (non-hydrogen) atoms. The lowest BCUT2D eigenvalue weighted by Gasteiger charge is -2.13. The maximum atomic E-state index is 12.0. The van der Waals surface area contributed by atoms with Crippen LogP contribution < -0.4 is 15.4 Å². The minimum atomic E-state index is -3.12. The van der Waals surface area contributed by atoms with Crippen molar-refractivity contribution in [1.82, 2.24) is 5.32 Å². The molecule has 2 amide bonds. The Morgan fingerprint density at radius 2 is 1.73 bits per heavy atom. The van der Waals surface area contributed by atoms with Crippen molar-refractivity contribution in [2.24, 2.45) is 0 Å². The minimum absolute atomic E-state index is 0.0617. The fourth-order valence-electron chi connectivity index (χ4n) is 2.56. The van der Waals surface area contributed by atoms with Gasteiger partial charge in [0.15, 0.2) is 9.84 Å². The summed E-state index contributed by atoms with van der Waals surface area (Å²) in [5.41, 5.74) is 3.28. The maximum absolute atomic E-state index is 12.0. The quantitative estimate of drug-likeness (QED) is 0.728. The van der Waals surface area contributed by atoms with Crippen LogP contribution in [-0.2, 0) is 15.6 Å². The van der Waals surface area contributed by atoms with Crippen LogP contribution in [0.5, 0.6) is 5.75 Å². The number of urea groups is 1. The van der Waals surface area contributed by atoms with E-state index in [0.29, 0.717) is 24.4 Å². The van der Waals surface area contributed by atoms with Gasteiger partial charge in [0.25, 0.3) is 0 Å². The number of carbonyl (C=O) groups is 1. The molecule has 6 nitrogen and oxygen atoms in total. The van der Waals surface area contributed by atoms with E-state index in [4.69, 9.17) is 4.74 Å². The van der Waals surface area contributed by atoms with E-state index < -0.39 is 9.84 Å². The SMILES string of the molecule is Cc1cccc(C)c1OCCNC(=O)Nc1cccc(CS(C)(=O)=O)c1. The predicted molar refractivity (Wildman–Crippen MR) is 103 cm³/mol. The fraction of sp³-hybridized carbons (Fsp3) is 0.316. The highest BCUT2D eigenvalue weighted by atomic mass is 32.2. The largest absolute Gasteiger partial charge is 0.491 e. The van der Waals surface area contributed by atoms with Crippen LogP contribution in [0.2, 0.25) is 0 Å². The number of aryl methyl sites for hydroxylation is 2. The van der Waals surface area contributed by atoms with E-state index in [1.165, 1.54) is 6.26 Å². The summed E-state index contributed by atoms with van der Waals surface area (Å²) in [6.07, 6.45) is 1.18. The lowest BCUT2D eigenvalue weighted by atomic mass is 10.1. The van der Waals surface area contributed by atoms with Gasteiger partial charge in [-0.05, 0) is 42.7 Å². The first-order valence-corrected chi connectivity index (χ1v) is 10.3. The number of carbonyl (C=O) groups excluding carboxylic acids is 1. The molecule has 7 heteroatoms. The van der Waals surface area contributed by atoms with E-state index in [2.05, 4.69) is 10.6 Å². The lowest BCUT2D eigenvalue weighted by molar-refractivity contribution is 0.247. The third-order valence-electron chi connectivity index (χ3n) is 3.66. The molecule has 0 saturated heterocycles. The molecule has 2 N–H and O–H groups in total. The molecule has 0 heterocycles. The van der Waals surface area contributed by atoms with Gasteiger partial charge in [-0.1, -0.05) is 30.3 Å². The Balaban J connectivity index is 1.81. The summed E-state index contributed by atoms with van der Waals surface area (Å²) in [7, 11) is -3.12. The summed E-state index contributed by atoms with van der Waals surface area (Å²) in [5.74, 6) is 0.775. The Morgan fingerprint density at radius 3 is 2.38 bits per heavy atom. The summed E-state index contributed by atoms with van der Waals surface area (Å²) in [6, 6.07) is 12.3. The molecule has 0 aromatic heterocycles. The average Bonchev–Trinajstić information content (AvgIpc) is 2.52. The normalized spacial score (nSPS) is 11.0. The smallest absolute Gasteiger partial charge is 0.319 e. The van der Waals surface area contributed by atoms with Crippen LogP contribution in [0.15, 0.2) is 42.5 Å². The Kier molecular flexibility index (Phi) is 6.63. The van der Waals surface area contributed by atoms with Gasteiger partial charge in [0.1, 0.15) is 12.4 Å². The van der Waals surface area contributed by atoms with Gasteiger partial charge in [0.2, 0.25) is 0 Å². The summed E-state index contributed by atoms with van der Waals surface area (Å²) in [4.78, 5) is 12.0. The second-order valence-electron chi connectivity index (χ2n) is 6.22. The van der Waals surface area contributed by atoms with Crippen molar-refractivity contribution < 1.29 is 17.9 Å². The van der Waals surface area contributed by atoms with E-state index in [-0.39, 0.29) is 11.8 Å². The molecule has 0 unspecified atom stereocenters. The van der Waals surface area contributed by atoms with Crippen LogP contribution in [-0.4, -0.2) is 33.9 Å². The van der Waals surface area contributed by atoms with Crippen LogP contribution in [0.4, 0.5) is 10.5 Å². The third kappa shape index (κ3) is 6.40. The number of benzene rings is 2. The number of sulfone groups is 1. The number of anilines is 1. The molecule has 0 radical (unpaired) electrons. The van der Waals surface area contributed by atoms with E-state index >= 15 is 0 Å². The summed E-state index contributed by atoms with van der Waals surface area (Å²) < 4.78 is 28.5. The minimum Gasteiger partial charge on any atom is -0.491 e. The standard InChI is InChI=1S/C19H24N2O4S/c1-14-6-4-7-15(2)18(14)25-11-10-20-19(22)21-17-9-5-8-16(12-17)13-26(3,23)24/h4-9,12H,10-11,13H2,1-3H3,(H2,20,21,22). The van der Waals surface area contributed by atoms with Crippen molar-refractivity contribution in [3.8, 4) is 5.75 Å². The van der Waals surface area contributed by atoms with Crippen LogP contribution in [0, 0.1) is 13.8 Å². The molecule has 2 aromatic rings. The van der Waals surface area contributed by atoms with Gasteiger partial charge in [-0.25, -0.2) is 13.2 Å². The number of hydrogen-bond donors (Lipinski definition) is 2. The van der Waals surface area contributed by atoms with Crippen LogP contribution in [0.1, 0.15) is 16.7 Å². The highest BCUT2D eigenvalue weighted by Gasteiger charge is 2.07. The number of nitrogens with one attached hydrogen (secondary N) is 2. The van der Waals surface area contributed by atoms with Gasteiger partial charge in [0, 0.05) is 11.9 Å². The highest BCUT2D eigenvalue weighted by Crippen LogP contribution is 2.21. The zero-order valence-corrected chi connectivity index (χ0v) is 16.0. The zero-order valence-electron chi connectivity index (χ0n) is 15.2. The van der Waals surface area contributed by atoms with Crippen LogP contribution >= 0.6 is 0 Å². The number of rotatable bonds is 7. The van der Waals surface area contributed by atoms with E-state index in [1.807, 2.05) is 32.0 Å². The number of ether oxygens (including phenoxy) is 1. The molecule has 0 fully saturated rings. The van der Waals surface area contributed by atoms with Crippen molar-refractivity contribution in [3.63, 3.8) is 0 Å². The second kappa shape index (κ2) is 8.71. The number of amides is 2. The summed E-state index contributed by atoms with van der Waals surface area (Å²) in [5, 5.41) is 5.40. The molecule has 0 spiro atoms. The average molecular weight is 376 g/mol. The molecule has 0 bridgehead atoms. The molecule has 0 saturated carbocycles. The first-order valence-electron chi connectivity index (χ1n) is 8.25. The van der Waals surface area contributed by atoms with E-state index in [0.717, 1.165) is 16.9 Å². The van der Waals surface area contributed by atoms with E-state index in [1.54, 1.807) is 24.3 Å². The van der Waals surface area contributed by atoms with Gasteiger partial charge >= 0.3 is 6.03 Å². The maximum Gasteiger partial charge on any atom is 0.319 e. The van der Waals surface area contributed by atoms with Crippen LogP contribution in [0.3, 0.4) is 0 Å². The van der Waals surface area contributed by atoms with Gasteiger partial charge in [-0.2, -0.15) is 0 Å². The van der Waals surface area contributed by atoms with Gasteiger partial charge < -0.3 is 15.4 Å². The van der Waals surface area contributed by atoms with Crippen molar-refractivity contribution in [3.05, 3.63) is 59.2 Å². The molecule has 140 valence electrons. The van der Waals surface area contributed by atoms with Crippen LogP contribution in [0.25, 0.3) is 0 Å². The monoisotopic (exact) mass is 376 g/mol. The molecular formula is C19H24N2O4S. The van der Waals surface area contributed by atoms with Crippen molar-refractivity contribution in [2.75, 3.05) is 24.7 Å². The van der Waals surface area contributed by atoms with Gasteiger partial charge in [-0.3, -0.25) is 0 Å². The number of hydrogen-bond acceptors (Lipinski definition) is 4. The fourth-order valence-corrected chi connectivity index (χ4v) is 3.35. The lowest BCUT2D eigenvalue weighted by Crippen LogP contribution is -2.32. The van der Waals surface area contributed by atoms with Gasteiger partial charge in [-0.15, -0.1) is 0 Å². The number of para-hydroxylation sites is 1. The zero-order chi connectivity index (χ0) is 19.2. The topological polar surface area (TPSA) is 84.5 Å². The van der Waals surface area contributed by atoms with Crippen molar-refractivity contribution in [2.45, 2.75) is 19.6 Å². The molecule has 0 aliphatic carbocycles. The Bertz CT molecular complexity index is 859. The molecular weight excluding hydrogens is 352 g/mol. The highest BCUT2D eigenvalue weighted by molar-refractivity contribution is 7.89. The van der Waals surface area contributed by atoms with E-state index in [9.17, 15) is 13.2 Å². The first-order chi connectivity index (χ1) is 12.2. The molecule has 2 aromatic carbocycles. The van der Waals surface area contributed by atoms with Crippen molar-refractivity contribution >= 4 is 21.6 Å². The summed E-state index contributed by atoms with van der Waals surface area (Å²) in [6.45, 7) is 4.66. The Hall–Kier alpha value is -2.54. The second-order valence-corrected chi connectivity index (χ2v) is 8.36. The molecule has 0 aliphatic heterocycles. The van der Waals surface area contributed by atoms with Gasteiger partial charge in [0.05, 0.1) is 12.3 Å². The summed E-state index contributed by atoms with van der Waals surface area (Å²) >= 11 is 0. The van der Waals surface area contributed by atoms with Crippen molar-refractivity contribution in [1.29, 1.82) is 0 Å². The molecule has 0 atom stereocenters. The predicted octanol–water partition coefficient (Wildman–Crippen LogP) is 3.05. The Morgan fingerprint density at radius 1 is 1.08 bits per heavy atom. The first kappa shape index (κ1) is 19.8. The Labute approximate surface area is 154 Å².